The van der Waals surface area contributed by atoms with Crippen molar-refractivity contribution in [2.24, 2.45) is 0 Å². The number of hydrogen-bond donors (Lipinski definition) is 1. The van der Waals surface area contributed by atoms with Gasteiger partial charge in [0.15, 0.2) is 11.4 Å². The number of halogens is 2. The van der Waals surface area contributed by atoms with Gasteiger partial charge in [0.1, 0.15) is 17.3 Å². The molecule has 2 aromatic rings. The summed E-state index contributed by atoms with van der Waals surface area (Å²) in [5.74, 6) is -1.20. The van der Waals surface area contributed by atoms with E-state index in [1.165, 1.54) is 26.1 Å². The summed E-state index contributed by atoms with van der Waals surface area (Å²) in [5.41, 5.74) is -1.01. The summed E-state index contributed by atoms with van der Waals surface area (Å²) in [6.45, 7) is 4.72. The lowest BCUT2D eigenvalue weighted by Gasteiger charge is -2.39. The molecule has 0 radical (unpaired) electrons. The van der Waals surface area contributed by atoms with E-state index in [0.29, 0.717) is 10.6 Å². The van der Waals surface area contributed by atoms with Gasteiger partial charge in [-0.05, 0) is 26.8 Å². The van der Waals surface area contributed by atoms with E-state index in [-0.39, 0.29) is 22.9 Å². The van der Waals surface area contributed by atoms with Gasteiger partial charge in [0.05, 0.1) is 11.9 Å². The van der Waals surface area contributed by atoms with Gasteiger partial charge in [-0.3, -0.25) is 14.4 Å². The summed E-state index contributed by atoms with van der Waals surface area (Å²) in [5, 5.41) is 0.370. The van der Waals surface area contributed by atoms with Gasteiger partial charge >= 0.3 is 0 Å². The van der Waals surface area contributed by atoms with E-state index < -0.39 is 27.3 Å². The zero-order chi connectivity index (χ0) is 20.1. The van der Waals surface area contributed by atoms with Gasteiger partial charge in [0, 0.05) is 28.9 Å². The molecule has 144 valence electrons. The molecule has 3 rings (SSSR count). The van der Waals surface area contributed by atoms with Crippen LogP contribution in [0, 0.1) is 12.7 Å². The summed E-state index contributed by atoms with van der Waals surface area (Å²) in [6.07, 6.45) is 2.36. The smallest absolute Gasteiger partial charge is 0.276 e. The van der Waals surface area contributed by atoms with E-state index in [4.69, 9.17) is 16.3 Å². The van der Waals surface area contributed by atoms with Crippen LogP contribution < -0.4 is 14.4 Å². The van der Waals surface area contributed by atoms with Crippen LogP contribution in [0.4, 0.5) is 21.6 Å². The minimum atomic E-state index is -3.62. The fourth-order valence-corrected chi connectivity index (χ4v) is 3.45. The Morgan fingerprint density at radius 3 is 2.63 bits per heavy atom. The molecule has 1 N–H and O–H groups in total. The van der Waals surface area contributed by atoms with Crippen LogP contribution in [0.5, 0.6) is 5.75 Å². The molecule has 2 heterocycles. The molecule has 1 aliphatic heterocycles. The van der Waals surface area contributed by atoms with Crippen molar-refractivity contribution in [3.63, 3.8) is 0 Å². The highest BCUT2D eigenvalue weighted by Crippen LogP contribution is 2.45. The van der Waals surface area contributed by atoms with Crippen molar-refractivity contribution in [1.82, 2.24) is 4.98 Å². The molecule has 7 nitrogen and oxygen atoms in total. The van der Waals surface area contributed by atoms with Crippen molar-refractivity contribution in [2.75, 3.05) is 15.9 Å². The third-order valence-corrected chi connectivity index (χ3v) is 4.98. The molecular formula is C17H17ClFN3O4S. The number of anilines is 3. The second-order valence-electron chi connectivity index (χ2n) is 6.67. The van der Waals surface area contributed by atoms with Crippen LogP contribution in [0.15, 0.2) is 24.4 Å². The zero-order valence-electron chi connectivity index (χ0n) is 15.0. The topological polar surface area (TPSA) is 88.6 Å². The van der Waals surface area contributed by atoms with Gasteiger partial charge in [-0.25, -0.2) is 17.8 Å². The molecule has 0 saturated heterocycles. The minimum absolute atomic E-state index is 0.00641. The number of nitrogens with zero attached hydrogens (tertiary/aromatic N) is 2. The summed E-state index contributed by atoms with van der Waals surface area (Å²) >= 11 is 6.14. The van der Waals surface area contributed by atoms with Crippen LogP contribution in [0.3, 0.4) is 0 Å². The summed E-state index contributed by atoms with van der Waals surface area (Å²) in [7, 11) is -3.62. The number of carbonyl (C=O) groups is 1. The number of aromatic nitrogens is 1. The Morgan fingerprint density at radius 1 is 1.33 bits per heavy atom. The van der Waals surface area contributed by atoms with Gasteiger partial charge in [-0.2, -0.15) is 0 Å². The molecule has 0 spiro atoms. The highest BCUT2D eigenvalue weighted by atomic mass is 35.5. The molecule has 27 heavy (non-hydrogen) atoms. The summed E-state index contributed by atoms with van der Waals surface area (Å²) < 4.78 is 45.7. The molecule has 0 fully saturated rings. The Bertz CT molecular complexity index is 1060. The van der Waals surface area contributed by atoms with E-state index in [2.05, 4.69) is 9.71 Å². The maximum absolute atomic E-state index is 14.9. The number of benzene rings is 1. The lowest BCUT2D eigenvalue weighted by atomic mass is 10.0. The van der Waals surface area contributed by atoms with E-state index in [1.807, 2.05) is 0 Å². The molecule has 0 aliphatic carbocycles. The molecule has 1 aromatic carbocycles. The summed E-state index contributed by atoms with van der Waals surface area (Å²) in [4.78, 5) is 18.3. The number of sulfonamides is 1. The predicted molar refractivity (Wildman–Crippen MR) is 101 cm³/mol. The Labute approximate surface area is 161 Å². The molecule has 0 atom stereocenters. The first-order valence-electron chi connectivity index (χ1n) is 7.87. The second kappa shape index (κ2) is 6.35. The molecular weight excluding hydrogens is 397 g/mol. The molecule has 1 aromatic heterocycles. The third-order valence-electron chi connectivity index (χ3n) is 3.96. The molecule has 0 unspecified atom stereocenters. The first-order valence-corrected chi connectivity index (χ1v) is 10.1. The number of amides is 1. The third kappa shape index (κ3) is 3.57. The highest BCUT2D eigenvalue weighted by molar-refractivity contribution is 7.92. The Balaban J connectivity index is 2.25. The van der Waals surface area contributed by atoms with Crippen LogP contribution in [-0.2, 0) is 14.8 Å². The van der Waals surface area contributed by atoms with Crippen molar-refractivity contribution in [2.45, 2.75) is 26.4 Å². The fraction of sp³-hybridized carbons (Fsp3) is 0.294. The van der Waals surface area contributed by atoms with Gasteiger partial charge < -0.3 is 4.74 Å². The van der Waals surface area contributed by atoms with Crippen molar-refractivity contribution < 1.29 is 22.3 Å². The van der Waals surface area contributed by atoms with Crippen molar-refractivity contribution in [3.8, 4) is 5.75 Å². The van der Waals surface area contributed by atoms with Gasteiger partial charge in [0.2, 0.25) is 10.0 Å². The number of nitrogens with one attached hydrogen (secondary N) is 1. The monoisotopic (exact) mass is 413 g/mol. The first kappa shape index (κ1) is 19.4. The molecule has 1 amide bonds. The Kier molecular flexibility index (Phi) is 4.55. The predicted octanol–water partition coefficient (Wildman–Crippen LogP) is 3.39. The second-order valence-corrected chi connectivity index (χ2v) is 8.83. The van der Waals surface area contributed by atoms with Crippen LogP contribution in [-0.4, -0.2) is 31.2 Å². The number of fused-ring (bicyclic) bond motifs is 1. The van der Waals surface area contributed by atoms with E-state index in [9.17, 15) is 17.6 Å². The number of ether oxygens (including phenoxy) is 1. The quantitative estimate of drug-likeness (QED) is 0.833. The molecule has 0 bridgehead atoms. The number of pyridine rings is 1. The SMILES string of the molecule is Cc1c(Cl)ccnc1N1C(=O)C(C)(C)Oc2cc(NS(C)(=O)=O)cc(F)c21. The van der Waals surface area contributed by atoms with E-state index in [1.54, 1.807) is 13.0 Å². The zero-order valence-corrected chi connectivity index (χ0v) is 16.6. The first-order chi connectivity index (χ1) is 12.4. The maximum atomic E-state index is 14.9. The van der Waals surface area contributed by atoms with Gasteiger partial charge in [0.25, 0.3) is 5.91 Å². The number of rotatable bonds is 3. The Hall–Kier alpha value is -2.39. The fourth-order valence-electron chi connectivity index (χ4n) is 2.76. The summed E-state index contributed by atoms with van der Waals surface area (Å²) in [6, 6.07) is 3.86. The number of hydrogen-bond acceptors (Lipinski definition) is 5. The van der Waals surface area contributed by atoms with Crippen molar-refractivity contribution in [3.05, 3.63) is 40.8 Å². The van der Waals surface area contributed by atoms with Crippen molar-refractivity contribution >= 4 is 44.7 Å². The average Bonchev–Trinajstić information content (AvgIpc) is 2.50. The molecule has 0 saturated carbocycles. The Morgan fingerprint density at radius 2 is 2.00 bits per heavy atom. The van der Waals surface area contributed by atoms with Crippen LogP contribution in [0.25, 0.3) is 0 Å². The largest absolute Gasteiger partial charge is 0.476 e. The number of carbonyl (C=O) groups excluding carboxylic acids is 1. The lowest BCUT2D eigenvalue weighted by Crippen LogP contribution is -2.51. The van der Waals surface area contributed by atoms with Crippen molar-refractivity contribution in [1.29, 1.82) is 0 Å². The lowest BCUT2D eigenvalue weighted by molar-refractivity contribution is -0.131. The van der Waals surface area contributed by atoms with Gasteiger partial charge in [-0.15, -0.1) is 0 Å². The molecule has 10 heteroatoms. The highest BCUT2D eigenvalue weighted by Gasteiger charge is 2.44. The van der Waals surface area contributed by atoms with Crippen LogP contribution >= 0.6 is 11.6 Å². The average molecular weight is 414 g/mol. The minimum Gasteiger partial charge on any atom is -0.476 e. The normalized spacial score (nSPS) is 15.9. The van der Waals surface area contributed by atoms with Crippen LogP contribution in [0.2, 0.25) is 5.02 Å². The van der Waals surface area contributed by atoms with Gasteiger partial charge in [-0.1, -0.05) is 11.6 Å². The maximum Gasteiger partial charge on any atom is 0.276 e. The van der Waals surface area contributed by atoms with E-state index in [0.717, 1.165) is 17.2 Å². The van der Waals surface area contributed by atoms with Crippen LogP contribution in [0.1, 0.15) is 19.4 Å². The van der Waals surface area contributed by atoms with E-state index >= 15 is 0 Å². The molecule has 1 aliphatic rings. The standard InChI is InChI=1S/C17H17ClFN3O4S/c1-9-11(18)5-6-20-15(9)22-14-12(19)7-10(21-27(4,24)25)8-13(14)26-17(2,3)16(22)23/h5-8,21H,1-4H3.